The summed E-state index contributed by atoms with van der Waals surface area (Å²) in [6, 6.07) is 21.6. The highest BCUT2D eigenvalue weighted by atomic mass is 32.2. The van der Waals surface area contributed by atoms with Gasteiger partial charge in [0, 0.05) is 37.3 Å². The smallest absolute Gasteiger partial charge is 0.335 e. The molecule has 0 aliphatic carbocycles. The van der Waals surface area contributed by atoms with Gasteiger partial charge in [0.15, 0.2) is 0 Å². The summed E-state index contributed by atoms with van der Waals surface area (Å²) in [4.78, 5) is 20.7. The summed E-state index contributed by atoms with van der Waals surface area (Å²) in [6.07, 6.45) is 1.26. The van der Waals surface area contributed by atoms with Gasteiger partial charge in [0.25, 0.3) is 0 Å². The molecule has 0 spiro atoms. The molecule has 222 valence electrons. The van der Waals surface area contributed by atoms with Gasteiger partial charge in [-0.1, -0.05) is 36.4 Å². The first kappa shape index (κ1) is 29.7. The van der Waals surface area contributed by atoms with Crippen molar-refractivity contribution in [1.82, 2.24) is 14.5 Å². The SMILES string of the molecule is COCCn1c(Cc2ccc(-c3cccc(OCc4ccccc4NS(C)(=O)=O)n3)cc2F)nc2ccc(C(=O)O)cc21. The number of anilines is 1. The van der Waals surface area contributed by atoms with Crippen LogP contribution in [0.2, 0.25) is 0 Å². The van der Waals surface area contributed by atoms with Crippen LogP contribution in [0.1, 0.15) is 27.3 Å². The van der Waals surface area contributed by atoms with Crippen molar-refractivity contribution in [2.24, 2.45) is 0 Å². The minimum atomic E-state index is -3.46. The standard InChI is InChI=1S/C31H29FN4O6S/c1-41-15-14-36-28-17-22(31(37)38)12-13-27(28)33-29(36)18-20-10-11-21(16-24(20)32)25-8-5-9-30(34-25)42-19-23-6-3-4-7-26(23)35-43(2,39)40/h3-13,16-17,35H,14-15,18-19H2,1-2H3,(H,37,38). The first-order valence-electron chi connectivity index (χ1n) is 13.3. The van der Waals surface area contributed by atoms with E-state index in [-0.39, 0.29) is 18.6 Å². The van der Waals surface area contributed by atoms with Crippen LogP contribution in [0, 0.1) is 5.82 Å². The van der Waals surface area contributed by atoms with Gasteiger partial charge in [-0.15, -0.1) is 0 Å². The number of aromatic carboxylic acids is 1. The van der Waals surface area contributed by atoms with Crippen LogP contribution in [0.25, 0.3) is 22.3 Å². The Morgan fingerprint density at radius 3 is 2.56 bits per heavy atom. The van der Waals surface area contributed by atoms with E-state index < -0.39 is 21.8 Å². The van der Waals surface area contributed by atoms with Crippen molar-refractivity contribution in [3.05, 3.63) is 107 Å². The molecule has 5 aromatic rings. The van der Waals surface area contributed by atoms with Gasteiger partial charge in [-0.3, -0.25) is 4.72 Å². The van der Waals surface area contributed by atoms with E-state index in [9.17, 15) is 18.3 Å². The predicted molar refractivity (Wildman–Crippen MR) is 160 cm³/mol. The molecule has 2 heterocycles. The molecule has 0 aliphatic rings. The number of hydrogen-bond donors (Lipinski definition) is 2. The minimum Gasteiger partial charge on any atom is -0.478 e. The Morgan fingerprint density at radius 2 is 1.81 bits per heavy atom. The second kappa shape index (κ2) is 12.6. The second-order valence-electron chi connectivity index (χ2n) is 9.85. The number of halogens is 1. The molecule has 0 saturated carbocycles. The largest absolute Gasteiger partial charge is 0.478 e. The summed E-state index contributed by atoms with van der Waals surface area (Å²) in [5, 5.41) is 9.42. The molecule has 0 saturated heterocycles. The molecule has 43 heavy (non-hydrogen) atoms. The summed E-state index contributed by atoms with van der Waals surface area (Å²) in [5.74, 6) is -0.603. The van der Waals surface area contributed by atoms with Crippen LogP contribution < -0.4 is 9.46 Å². The van der Waals surface area contributed by atoms with Crippen molar-refractivity contribution >= 4 is 32.7 Å². The maximum absolute atomic E-state index is 15.4. The van der Waals surface area contributed by atoms with Crippen LogP contribution in [0.4, 0.5) is 10.1 Å². The average molecular weight is 605 g/mol. The van der Waals surface area contributed by atoms with Crippen molar-refractivity contribution < 1.29 is 32.2 Å². The number of rotatable bonds is 12. The quantitative estimate of drug-likeness (QED) is 0.201. The number of carboxylic acids is 1. The van der Waals surface area contributed by atoms with Gasteiger partial charge in [0.05, 0.1) is 40.8 Å². The molecule has 0 amide bonds. The van der Waals surface area contributed by atoms with E-state index in [1.165, 1.54) is 12.1 Å². The second-order valence-corrected chi connectivity index (χ2v) is 11.6. The Labute approximate surface area is 247 Å². The lowest BCUT2D eigenvalue weighted by Crippen LogP contribution is -2.12. The first-order chi connectivity index (χ1) is 20.6. The van der Waals surface area contributed by atoms with E-state index in [1.807, 2.05) is 4.57 Å². The minimum absolute atomic E-state index is 0.0699. The van der Waals surface area contributed by atoms with Crippen LogP contribution in [-0.2, 0) is 34.3 Å². The van der Waals surface area contributed by atoms with Gasteiger partial charge in [-0.05, 0) is 42.0 Å². The van der Waals surface area contributed by atoms with E-state index in [0.29, 0.717) is 64.0 Å². The van der Waals surface area contributed by atoms with Gasteiger partial charge in [-0.2, -0.15) is 0 Å². The maximum Gasteiger partial charge on any atom is 0.335 e. The molecule has 0 unspecified atom stereocenters. The lowest BCUT2D eigenvalue weighted by molar-refractivity contribution is 0.0697. The zero-order valence-electron chi connectivity index (χ0n) is 23.5. The molecule has 0 fully saturated rings. The van der Waals surface area contributed by atoms with E-state index in [0.717, 1.165) is 6.26 Å². The van der Waals surface area contributed by atoms with Crippen molar-refractivity contribution in [3.8, 4) is 17.1 Å². The molecule has 10 nitrogen and oxygen atoms in total. The zero-order chi connectivity index (χ0) is 30.6. The third kappa shape index (κ3) is 7.16. The number of carboxylic acid groups (broad SMARTS) is 1. The van der Waals surface area contributed by atoms with Crippen LogP contribution in [-0.4, -0.2) is 54.0 Å². The fraction of sp³-hybridized carbons (Fsp3) is 0.194. The Hall–Kier alpha value is -4.81. The molecule has 0 atom stereocenters. The molecule has 12 heteroatoms. The molecule has 0 bridgehead atoms. The number of sulfonamides is 1. The zero-order valence-corrected chi connectivity index (χ0v) is 24.3. The lowest BCUT2D eigenvalue weighted by atomic mass is 10.1. The van der Waals surface area contributed by atoms with Crippen molar-refractivity contribution in [1.29, 1.82) is 0 Å². The van der Waals surface area contributed by atoms with Crippen molar-refractivity contribution in [3.63, 3.8) is 0 Å². The van der Waals surface area contributed by atoms with Crippen LogP contribution in [0.3, 0.4) is 0 Å². The van der Waals surface area contributed by atoms with Crippen LogP contribution in [0.5, 0.6) is 5.88 Å². The summed E-state index contributed by atoms with van der Waals surface area (Å²) >= 11 is 0. The number of ether oxygens (including phenoxy) is 2. The summed E-state index contributed by atoms with van der Waals surface area (Å²) in [5.41, 5.74) is 3.90. The molecular weight excluding hydrogens is 575 g/mol. The highest BCUT2D eigenvalue weighted by molar-refractivity contribution is 7.92. The van der Waals surface area contributed by atoms with Crippen LogP contribution in [0.15, 0.2) is 78.9 Å². The number of imidazole rings is 1. The Bertz CT molecular complexity index is 1910. The van der Waals surface area contributed by atoms with E-state index >= 15 is 4.39 Å². The fourth-order valence-electron chi connectivity index (χ4n) is 4.65. The summed E-state index contributed by atoms with van der Waals surface area (Å²) in [7, 11) is -1.89. The normalized spacial score (nSPS) is 11.5. The number of para-hydroxylation sites is 1. The average Bonchev–Trinajstić information content (AvgIpc) is 3.32. The molecule has 2 N–H and O–H groups in total. The van der Waals surface area contributed by atoms with Crippen molar-refractivity contribution in [2.75, 3.05) is 24.7 Å². The summed E-state index contributed by atoms with van der Waals surface area (Å²) in [6.45, 7) is 0.873. The Balaban J connectivity index is 1.36. The monoisotopic (exact) mass is 604 g/mol. The van der Waals surface area contributed by atoms with E-state index in [4.69, 9.17) is 9.47 Å². The maximum atomic E-state index is 15.4. The number of aromatic nitrogens is 3. The molecular formula is C31H29FN4O6S. The van der Waals surface area contributed by atoms with Crippen molar-refractivity contribution in [2.45, 2.75) is 19.6 Å². The van der Waals surface area contributed by atoms with E-state index in [1.54, 1.807) is 73.8 Å². The van der Waals surface area contributed by atoms with Gasteiger partial charge >= 0.3 is 5.97 Å². The van der Waals surface area contributed by atoms with E-state index in [2.05, 4.69) is 14.7 Å². The number of nitrogens with zero attached hydrogens (tertiary/aromatic N) is 3. The highest BCUT2D eigenvalue weighted by Crippen LogP contribution is 2.26. The molecule has 0 radical (unpaired) electrons. The summed E-state index contributed by atoms with van der Waals surface area (Å²) < 4.78 is 54.2. The predicted octanol–water partition coefficient (Wildman–Crippen LogP) is 5.12. The van der Waals surface area contributed by atoms with Gasteiger partial charge < -0.3 is 19.1 Å². The third-order valence-corrected chi connectivity index (χ3v) is 7.29. The molecule has 3 aromatic carbocycles. The number of fused-ring (bicyclic) bond motifs is 1. The number of pyridine rings is 1. The molecule has 0 aliphatic heterocycles. The fourth-order valence-corrected chi connectivity index (χ4v) is 5.24. The number of methoxy groups -OCH3 is 1. The highest BCUT2D eigenvalue weighted by Gasteiger charge is 2.16. The topological polar surface area (TPSA) is 133 Å². The number of nitrogens with one attached hydrogen (secondary N) is 1. The number of carbonyl (C=O) groups is 1. The van der Waals surface area contributed by atoms with Crippen LogP contribution >= 0.6 is 0 Å². The molecule has 5 rings (SSSR count). The first-order valence-corrected chi connectivity index (χ1v) is 15.2. The van der Waals surface area contributed by atoms with Gasteiger partial charge in [-0.25, -0.2) is 27.6 Å². The number of hydrogen-bond acceptors (Lipinski definition) is 7. The molecule has 2 aromatic heterocycles. The lowest BCUT2D eigenvalue weighted by Gasteiger charge is -2.12. The van der Waals surface area contributed by atoms with Gasteiger partial charge in [0.2, 0.25) is 15.9 Å². The van der Waals surface area contributed by atoms with Gasteiger partial charge in [0.1, 0.15) is 18.2 Å². The number of benzene rings is 3. The Kier molecular flexibility index (Phi) is 8.69. The Morgan fingerprint density at radius 1 is 1.00 bits per heavy atom. The third-order valence-electron chi connectivity index (χ3n) is 6.70.